The van der Waals surface area contributed by atoms with Crippen LogP contribution in [0.1, 0.15) is 5.56 Å². The zero-order valence-corrected chi connectivity index (χ0v) is 6.90. The van der Waals surface area contributed by atoms with Gasteiger partial charge in [-0.15, -0.1) is 0 Å². The van der Waals surface area contributed by atoms with Gasteiger partial charge in [0.1, 0.15) is 0 Å². The van der Waals surface area contributed by atoms with E-state index < -0.39 is 5.91 Å². The summed E-state index contributed by atoms with van der Waals surface area (Å²) in [6, 6.07) is 0. The summed E-state index contributed by atoms with van der Waals surface area (Å²) in [5.74, 6) is -0.540. The van der Waals surface area contributed by atoms with Crippen molar-refractivity contribution in [2.75, 3.05) is 11.5 Å². The second kappa shape index (κ2) is 3.57. The first-order chi connectivity index (χ1) is 6.11. The predicted octanol–water partition coefficient (Wildman–Crippen LogP) is -0.256. The highest BCUT2D eigenvalue weighted by Crippen LogP contribution is 2.18. The maximum atomic E-state index is 10.4. The number of hydrogen-bond acceptors (Lipinski definition) is 4. The maximum Gasteiger partial charge on any atom is 0.241 e. The SMILES string of the molecule is NC(=O)C=Cc1cncc(N)c1N. The van der Waals surface area contributed by atoms with Gasteiger partial charge in [-0.1, -0.05) is 0 Å². The molecule has 5 nitrogen and oxygen atoms in total. The van der Waals surface area contributed by atoms with Gasteiger partial charge in [0, 0.05) is 17.8 Å². The number of hydrogen-bond donors (Lipinski definition) is 3. The van der Waals surface area contributed by atoms with Crippen LogP contribution in [0.4, 0.5) is 11.4 Å². The molecule has 1 aromatic rings. The highest BCUT2D eigenvalue weighted by atomic mass is 16.1. The first kappa shape index (κ1) is 9.05. The lowest BCUT2D eigenvalue weighted by atomic mass is 10.2. The molecule has 0 aromatic carbocycles. The molecule has 1 amide bonds. The zero-order valence-electron chi connectivity index (χ0n) is 6.90. The van der Waals surface area contributed by atoms with Crippen molar-refractivity contribution in [1.82, 2.24) is 4.98 Å². The van der Waals surface area contributed by atoms with Gasteiger partial charge >= 0.3 is 0 Å². The van der Waals surface area contributed by atoms with Gasteiger partial charge < -0.3 is 17.2 Å². The molecule has 0 atom stereocenters. The fourth-order valence-electron chi connectivity index (χ4n) is 0.808. The lowest BCUT2D eigenvalue weighted by molar-refractivity contribution is -0.113. The van der Waals surface area contributed by atoms with Crippen LogP contribution in [-0.2, 0) is 4.79 Å². The normalized spacial score (nSPS) is 10.5. The van der Waals surface area contributed by atoms with Crippen LogP contribution in [-0.4, -0.2) is 10.9 Å². The molecule has 0 saturated heterocycles. The zero-order chi connectivity index (χ0) is 9.84. The third kappa shape index (κ3) is 2.19. The summed E-state index contributed by atoms with van der Waals surface area (Å²) in [7, 11) is 0. The van der Waals surface area contributed by atoms with Crippen LogP contribution in [0, 0.1) is 0 Å². The Morgan fingerprint density at radius 1 is 1.38 bits per heavy atom. The van der Waals surface area contributed by atoms with E-state index in [4.69, 9.17) is 17.2 Å². The smallest absolute Gasteiger partial charge is 0.241 e. The van der Waals surface area contributed by atoms with Crippen molar-refractivity contribution in [3.63, 3.8) is 0 Å². The van der Waals surface area contributed by atoms with E-state index in [0.29, 0.717) is 16.9 Å². The summed E-state index contributed by atoms with van der Waals surface area (Å²) in [6.45, 7) is 0. The molecule has 1 heterocycles. The number of pyridine rings is 1. The molecule has 0 aliphatic carbocycles. The minimum Gasteiger partial charge on any atom is -0.396 e. The summed E-state index contributed by atoms with van der Waals surface area (Å²) >= 11 is 0. The average Bonchev–Trinajstić information content (AvgIpc) is 2.07. The van der Waals surface area contributed by atoms with Crippen LogP contribution < -0.4 is 17.2 Å². The largest absolute Gasteiger partial charge is 0.396 e. The molecule has 6 N–H and O–H groups in total. The van der Waals surface area contributed by atoms with E-state index in [1.807, 2.05) is 0 Å². The Morgan fingerprint density at radius 2 is 2.08 bits per heavy atom. The van der Waals surface area contributed by atoms with E-state index >= 15 is 0 Å². The molecule has 0 radical (unpaired) electrons. The van der Waals surface area contributed by atoms with Crippen molar-refractivity contribution >= 4 is 23.4 Å². The Kier molecular flexibility index (Phi) is 2.49. The highest BCUT2D eigenvalue weighted by Gasteiger charge is 1.98. The number of rotatable bonds is 2. The molecule has 68 valence electrons. The molecule has 13 heavy (non-hydrogen) atoms. The standard InChI is InChI=1S/C8H10N4O/c9-6-4-12-3-5(8(6)11)1-2-7(10)13/h1-4H,9H2,(H2,10,13)(H2,11,12). The third-order valence-electron chi connectivity index (χ3n) is 1.48. The summed E-state index contributed by atoms with van der Waals surface area (Å²) < 4.78 is 0. The molecule has 0 unspecified atom stereocenters. The van der Waals surface area contributed by atoms with E-state index in [9.17, 15) is 4.79 Å². The molecule has 0 aliphatic rings. The number of primary amides is 1. The summed E-state index contributed by atoms with van der Waals surface area (Å²) in [5, 5.41) is 0. The Labute approximate surface area is 75.2 Å². The second-order valence-electron chi connectivity index (χ2n) is 2.47. The number of nitrogens with two attached hydrogens (primary N) is 3. The van der Waals surface area contributed by atoms with Crippen LogP contribution in [0.5, 0.6) is 0 Å². The van der Waals surface area contributed by atoms with Crippen LogP contribution in [0.3, 0.4) is 0 Å². The van der Waals surface area contributed by atoms with Gasteiger partial charge in [0.2, 0.25) is 5.91 Å². The Balaban J connectivity index is 3.02. The Morgan fingerprint density at radius 3 is 2.69 bits per heavy atom. The third-order valence-corrected chi connectivity index (χ3v) is 1.48. The minimum absolute atomic E-state index is 0.381. The molecule has 5 heteroatoms. The van der Waals surface area contributed by atoms with Crippen LogP contribution in [0.15, 0.2) is 18.5 Å². The Bertz CT molecular complexity index is 359. The van der Waals surface area contributed by atoms with Crippen molar-refractivity contribution in [2.24, 2.45) is 5.73 Å². The molecular formula is C8H10N4O. The van der Waals surface area contributed by atoms with Crippen LogP contribution in [0.2, 0.25) is 0 Å². The van der Waals surface area contributed by atoms with E-state index in [1.165, 1.54) is 24.5 Å². The van der Waals surface area contributed by atoms with Gasteiger partial charge in [0.25, 0.3) is 0 Å². The van der Waals surface area contributed by atoms with Crippen LogP contribution >= 0.6 is 0 Å². The van der Waals surface area contributed by atoms with Crippen molar-refractivity contribution < 1.29 is 4.79 Å². The summed E-state index contributed by atoms with van der Waals surface area (Å²) in [5.41, 5.74) is 17.4. The fourth-order valence-corrected chi connectivity index (χ4v) is 0.808. The van der Waals surface area contributed by atoms with E-state index in [-0.39, 0.29) is 0 Å². The van der Waals surface area contributed by atoms with Crippen molar-refractivity contribution in [3.05, 3.63) is 24.0 Å². The van der Waals surface area contributed by atoms with Gasteiger partial charge in [-0.2, -0.15) is 0 Å². The van der Waals surface area contributed by atoms with Gasteiger partial charge in [-0.05, 0) is 6.08 Å². The molecule has 0 saturated carbocycles. The highest BCUT2D eigenvalue weighted by molar-refractivity contribution is 5.91. The molecule has 0 spiro atoms. The van der Waals surface area contributed by atoms with Gasteiger partial charge in [0.05, 0.1) is 17.6 Å². The number of carbonyl (C=O) groups is 1. The number of nitrogens with zero attached hydrogens (tertiary/aromatic N) is 1. The number of amides is 1. The molecule has 0 bridgehead atoms. The summed E-state index contributed by atoms with van der Waals surface area (Å²) in [4.78, 5) is 14.2. The van der Waals surface area contributed by atoms with Gasteiger partial charge in [-0.25, -0.2) is 0 Å². The number of aromatic nitrogens is 1. The number of carbonyl (C=O) groups excluding carboxylic acids is 1. The van der Waals surface area contributed by atoms with Gasteiger partial charge in [0.15, 0.2) is 0 Å². The topological polar surface area (TPSA) is 108 Å². The van der Waals surface area contributed by atoms with Gasteiger partial charge in [-0.3, -0.25) is 9.78 Å². The second-order valence-corrected chi connectivity index (χ2v) is 2.47. The van der Waals surface area contributed by atoms with Crippen molar-refractivity contribution in [1.29, 1.82) is 0 Å². The minimum atomic E-state index is -0.540. The molecule has 0 fully saturated rings. The molecular weight excluding hydrogens is 168 g/mol. The predicted molar refractivity (Wildman–Crippen MR) is 51.3 cm³/mol. The van der Waals surface area contributed by atoms with E-state index in [1.54, 1.807) is 0 Å². The molecule has 1 aromatic heterocycles. The first-order valence-corrected chi connectivity index (χ1v) is 3.57. The lowest BCUT2D eigenvalue weighted by Gasteiger charge is -2.01. The Hall–Kier alpha value is -2.04. The van der Waals surface area contributed by atoms with Crippen molar-refractivity contribution in [3.8, 4) is 0 Å². The van der Waals surface area contributed by atoms with E-state index in [2.05, 4.69) is 4.98 Å². The fraction of sp³-hybridized carbons (Fsp3) is 0. The molecule has 0 aliphatic heterocycles. The van der Waals surface area contributed by atoms with E-state index in [0.717, 1.165) is 0 Å². The monoisotopic (exact) mass is 178 g/mol. The summed E-state index contributed by atoms with van der Waals surface area (Å²) in [6.07, 6.45) is 5.62. The number of anilines is 2. The lowest BCUT2D eigenvalue weighted by Crippen LogP contribution is -2.05. The van der Waals surface area contributed by atoms with Crippen molar-refractivity contribution in [2.45, 2.75) is 0 Å². The molecule has 1 rings (SSSR count). The van der Waals surface area contributed by atoms with Crippen LogP contribution in [0.25, 0.3) is 6.08 Å². The first-order valence-electron chi connectivity index (χ1n) is 3.57. The maximum absolute atomic E-state index is 10.4. The number of nitrogen functional groups attached to an aromatic ring is 2. The average molecular weight is 178 g/mol. The quantitative estimate of drug-likeness (QED) is 0.542.